The zero-order valence-electron chi connectivity index (χ0n) is 11.0. The van der Waals surface area contributed by atoms with Crippen molar-refractivity contribution in [3.05, 3.63) is 11.3 Å². The van der Waals surface area contributed by atoms with Crippen LogP contribution in [0.2, 0.25) is 0 Å². The lowest BCUT2D eigenvalue weighted by molar-refractivity contribution is -0.131. The van der Waals surface area contributed by atoms with Gasteiger partial charge in [0, 0.05) is 7.05 Å². The predicted octanol–water partition coefficient (Wildman–Crippen LogP) is 0.645. The van der Waals surface area contributed by atoms with Crippen molar-refractivity contribution in [3.8, 4) is 0 Å². The average molecular weight is 315 g/mol. The van der Waals surface area contributed by atoms with Gasteiger partial charge in [-0.3, -0.25) is 9.59 Å². The van der Waals surface area contributed by atoms with Crippen molar-refractivity contribution in [2.75, 3.05) is 30.1 Å². The molecule has 1 aliphatic rings. The van der Waals surface area contributed by atoms with E-state index in [9.17, 15) is 14.4 Å². The summed E-state index contributed by atoms with van der Waals surface area (Å²) in [5, 5.41) is 9.44. The van der Waals surface area contributed by atoms with Crippen LogP contribution >= 0.6 is 23.3 Å². The number of thioether (sulfide) groups is 1. The number of hydrogen-bond donors (Lipinski definition) is 1. The van der Waals surface area contributed by atoms with Crippen LogP contribution in [0.3, 0.4) is 0 Å². The largest absolute Gasteiger partial charge is 0.478 e. The van der Waals surface area contributed by atoms with Gasteiger partial charge in [0.05, 0.1) is 17.3 Å². The van der Waals surface area contributed by atoms with E-state index in [-0.39, 0.29) is 23.9 Å². The number of carbonyl (C=O) groups is 3. The minimum absolute atomic E-state index is 0.0352. The van der Waals surface area contributed by atoms with Gasteiger partial charge in [0.15, 0.2) is 0 Å². The highest BCUT2D eigenvalue weighted by Crippen LogP contribution is 2.28. The first kappa shape index (κ1) is 14.8. The van der Waals surface area contributed by atoms with Crippen molar-refractivity contribution < 1.29 is 19.5 Å². The van der Waals surface area contributed by atoms with Crippen molar-refractivity contribution in [2.24, 2.45) is 0 Å². The van der Waals surface area contributed by atoms with Crippen molar-refractivity contribution >= 4 is 46.1 Å². The summed E-state index contributed by atoms with van der Waals surface area (Å²) in [5.41, 5.74) is 0.415. The van der Waals surface area contributed by atoms with E-state index in [4.69, 9.17) is 5.11 Å². The topological polar surface area (TPSA) is 90.8 Å². The molecule has 1 aromatic heterocycles. The second kappa shape index (κ2) is 5.80. The number of aryl methyl sites for hydroxylation is 1. The zero-order valence-corrected chi connectivity index (χ0v) is 12.6. The molecule has 0 aromatic carbocycles. The molecule has 1 aliphatic heterocycles. The van der Waals surface area contributed by atoms with E-state index in [0.717, 1.165) is 11.5 Å². The number of carboxylic acids is 1. The third-order valence-corrected chi connectivity index (χ3v) is 4.85. The number of anilines is 1. The van der Waals surface area contributed by atoms with Crippen LogP contribution in [0.25, 0.3) is 0 Å². The maximum Gasteiger partial charge on any atom is 0.340 e. The normalized spacial score (nSPS) is 14.7. The van der Waals surface area contributed by atoms with Crippen LogP contribution in [0.1, 0.15) is 16.1 Å². The van der Waals surface area contributed by atoms with Crippen molar-refractivity contribution in [1.82, 2.24) is 9.27 Å². The first-order chi connectivity index (χ1) is 9.41. The number of carboxylic acid groups (broad SMARTS) is 1. The Morgan fingerprint density at radius 2 is 2.20 bits per heavy atom. The molecule has 7 nitrogen and oxygen atoms in total. The highest BCUT2D eigenvalue weighted by molar-refractivity contribution is 8.00. The van der Waals surface area contributed by atoms with E-state index in [1.807, 2.05) is 0 Å². The third-order valence-electron chi connectivity index (χ3n) is 2.89. The Kier molecular flexibility index (Phi) is 4.29. The van der Waals surface area contributed by atoms with E-state index in [1.54, 1.807) is 6.92 Å². The van der Waals surface area contributed by atoms with Crippen LogP contribution in [0.15, 0.2) is 0 Å². The fourth-order valence-corrected chi connectivity index (χ4v) is 3.53. The molecule has 1 fully saturated rings. The third kappa shape index (κ3) is 2.78. The Morgan fingerprint density at radius 3 is 2.75 bits per heavy atom. The van der Waals surface area contributed by atoms with E-state index < -0.39 is 5.97 Å². The molecule has 20 heavy (non-hydrogen) atoms. The van der Waals surface area contributed by atoms with Crippen molar-refractivity contribution in [1.29, 1.82) is 0 Å². The molecule has 108 valence electrons. The van der Waals surface area contributed by atoms with Crippen LogP contribution in [-0.4, -0.2) is 57.4 Å². The highest BCUT2D eigenvalue weighted by Gasteiger charge is 2.28. The summed E-state index contributed by atoms with van der Waals surface area (Å²) < 4.78 is 3.97. The molecule has 0 spiro atoms. The van der Waals surface area contributed by atoms with Gasteiger partial charge in [-0.2, -0.15) is 4.37 Å². The summed E-state index contributed by atoms with van der Waals surface area (Å²) >= 11 is 2.42. The Morgan fingerprint density at radius 1 is 1.50 bits per heavy atom. The molecule has 9 heteroatoms. The number of aromatic nitrogens is 1. The minimum Gasteiger partial charge on any atom is -0.478 e. The summed E-state index contributed by atoms with van der Waals surface area (Å²) in [4.78, 5) is 37.5. The zero-order chi connectivity index (χ0) is 14.9. The summed E-state index contributed by atoms with van der Waals surface area (Å²) in [6.07, 6.45) is 0. The molecule has 0 bridgehead atoms. The lowest BCUT2D eigenvalue weighted by Crippen LogP contribution is -2.39. The maximum absolute atomic E-state index is 12.1. The Balaban J connectivity index is 2.14. The van der Waals surface area contributed by atoms with Crippen molar-refractivity contribution in [3.63, 3.8) is 0 Å². The van der Waals surface area contributed by atoms with Crippen LogP contribution in [0.5, 0.6) is 0 Å². The molecule has 0 unspecified atom stereocenters. The molecule has 1 saturated heterocycles. The maximum atomic E-state index is 12.1. The van der Waals surface area contributed by atoms with Gasteiger partial charge < -0.3 is 14.9 Å². The Bertz CT molecular complexity index is 572. The van der Waals surface area contributed by atoms with Gasteiger partial charge in [-0.15, -0.1) is 11.8 Å². The molecule has 2 heterocycles. The SMILES string of the molecule is Cc1nsc(N(C)C(=O)CN2CSCC2=O)c1C(=O)O. The van der Waals surface area contributed by atoms with Gasteiger partial charge in [0.2, 0.25) is 11.8 Å². The van der Waals surface area contributed by atoms with Gasteiger partial charge >= 0.3 is 5.97 Å². The number of likely N-dealkylation sites (N-methyl/N-ethyl adjacent to an activating group) is 1. The van der Waals surface area contributed by atoms with E-state index >= 15 is 0 Å². The standard InChI is InChI=1S/C11H13N3O4S2/c1-6-9(11(17)18)10(20-12-6)13(2)7(15)3-14-5-19-4-8(14)16/h3-5H2,1-2H3,(H,17,18). The molecular formula is C11H13N3O4S2. The summed E-state index contributed by atoms with van der Waals surface area (Å²) in [6.45, 7) is 1.54. The smallest absolute Gasteiger partial charge is 0.340 e. The Hall–Kier alpha value is -1.61. The van der Waals surface area contributed by atoms with Crippen LogP contribution in [-0.2, 0) is 9.59 Å². The number of rotatable bonds is 4. The first-order valence-electron chi connectivity index (χ1n) is 5.73. The predicted molar refractivity (Wildman–Crippen MR) is 76.3 cm³/mol. The lowest BCUT2D eigenvalue weighted by atomic mass is 10.2. The van der Waals surface area contributed by atoms with Gasteiger partial charge in [0.25, 0.3) is 0 Å². The Labute approximate surface area is 123 Å². The van der Waals surface area contributed by atoms with E-state index in [0.29, 0.717) is 22.3 Å². The average Bonchev–Trinajstić information content (AvgIpc) is 2.95. The number of amides is 2. The number of aromatic carboxylic acids is 1. The molecule has 1 N–H and O–H groups in total. The van der Waals surface area contributed by atoms with Gasteiger partial charge in [-0.1, -0.05) is 0 Å². The van der Waals surface area contributed by atoms with Crippen LogP contribution in [0.4, 0.5) is 5.00 Å². The second-order valence-electron chi connectivity index (χ2n) is 4.28. The van der Waals surface area contributed by atoms with Crippen LogP contribution in [0, 0.1) is 6.92 Å². The molecule has 0 radical (unpaired) electrons. The second-order valence-corrected chi connectivity index (χ2v) is 5.98. The quantitative estimate of drug-likeness (QED) is 0.877. The van der Waals surface area contributed by atoms with E-state index in [1.165, 1.54) is 28.6 Å². The summed E-state index contributed by atoms with van der Waals surface area (Å²) in [6, 6.07) is 0. The van der Waals surface area contributed by atoms with Gasteiger partial charge in [-0.25, -0.2) is 4.79 Å². The van der Waals surface area contributed by atoms with Gasteiger partial charge in [0.1, 0.15) is 17.1 Å². The summed E-state index contributed by atoms with van der Waals surface area (Å²) in [5.74, 6) is -0.635. The molecule has 2 amide bonds. The molecule has 0 aliphatic carbocycles. The van der Waals surface area contributed by atoms with Crippen molar-refractivity contribution in [2.45, 2.75) is 6.92 Å². The fourth-order valence-electron chi connectivity index (χ4n) is 1.76. The minimum atomic E-state index is -1.11. The molecule has 0 saturated carbocycles. The number of carbonyl (C=O) groups excluding carboxylic acids is 2. The fraction of sp³-hybridized carbons (Fsp3) is 0.455. The molecule has 0 atom stereocenters. The monoisotopic (exact) mass is 315 g/mol. The molecule has 1 aromatic rings. The number of hydrogen-bond acceptors (Lipinski definition) is 6. The van der Waals surface area contributed by atoms with Gasteiger partial charge in [-0.05, 0) is 18.5 Å². The highest BCUT2D eigenvalue weighted by atomic mass is 32.2. The van der Waals surface area contributed by atoms with Crippen LogP contribution < -0.4 is 4.90 Å². The first-order valence-corrected chi connectivity index (χ1v) is 7.66. The molecular weight excluding hydrogens is 302 g/mol. The van der Waals surface area contributed by atoms with E-state index in [2.05, 4.69) is 4.37 Å². The summed E-state index contributed by atoms with van der Waals surface area (Å²) in [7, 11) is 1.50. The number of nitrogens with zero attached hydrogens (tertiary/aromatic N) is 3. The lowest BCUT2D eigenvalue weighted by Gasteiger charge is -2.20. The molecule has 2 rings (SSSR count).